The molecule has 2 N–H and O–H groups in total. The lowest BCUT2D eigenvalue weighted by Gasteiger charge is -2.34. The van der Waals surface area contributed by atoms with Crippen LogP contribution in [0.2, 0.25) is 0 Å². The minimum atomic E-state index is -0.378. The largest absolute Gasteiger partial charge is 0.389 e. The van der Waals surface area contributed by atoms with Crippen LogP contribution in [0.5, 0.6) is 0 Å². The van der Waals surface area contributed by atoms with Crippen molar-refractivity contribution in [3.63, 3.8) is 0 Å². The lowest BCUT2D eigenvalue weighted by Crippen LogP contribution is -2.44. The number of rotatable bonds is 3. The number of piperidine rings is 1. The maximum Gasteiger partial charge on any atom is 0.0762 e. The van der Waals surface area contributed by atoms with Crippen LogP contribution in [0.15, 0.2) is 0 Å². The molecule has 0 aromatic heterocycles. The Morgan fingerprint density at radius 2 is 2.06 bits per heavy atom. The monoisotopic (exact) mass is 243 g/mol. The predicted molar refractivity (Wildman–Crippen MR) is 70.9 cm³/mol. The van der Waals surface area contributed by atoms with Crippen LogP contribution in [-0.4, -0.2) is 34.8 Å². The molecular formula is C13H25NOS. The molecule has 3 heteroatoms. The first-order valence-corrected chi connectivity index (χ1v) is 7.77. The zero-order chi connectivity index (χ0) is 11.4. The van der Waals surface area contributed by atoms with Crippen LogP contribution in [0.4, 0.5) is 0 Å². The van der Waals surface area contributed by atoms with Gasteiger partial charge in [-0.3, -0.25) is 0 Å². The Bertz CT molecular complexity index is 216. The standard InChI is InChI=1S/C13H25NOS/c1-11-3-2-4-12(9-11)16-10-13(15)5-7-14-8-6-13/h11-12,14-15H,2-10H2,1H3. The molecule has 16 heavy (non-hydrogen) atoms. The second-order valence-corrected chi connectivity index (χ2v) is 6.97. The van der Waals surface area contributed by atoms with Gasteiger partial charge in [0.25, 0.3) is 0 Å². The molecule has 2 nitrogen and oxygen atoms in total. The van der Waals surface area contributed by atoms with Crippen LogP contribution in [0.3, 0.4) is 0 Å². The van der Waals surface area contributed by atoms with Gasteiger partial charge in [0, 0.05) is 11.0 Å². The molecule has 94 valence electrons. The van der Waals surface area contributed by atoms with Crippen molar-refractivity contribution in [1.29, 1.82) is 0 Å². The van der Waals surface area contributed by atoms with Gasteiger partial charge in [-0.15, -0.1) is 0 Å². The van der Waals surface area contributed by atoms with Gasteiger partial charge < -0.3 is 10.4 Å². The maximum atomic E-state index is 10.4. The van der Waals surface area contributed by atoms with Gasteiger partial charge in [-0.25, -0.2) is 0 Å². The molecule has 0 aromatic carbocycles. The van der Waals surface area contributed by atoms with E-state index in [-0.39, 0.29) is 5.60 Å². The molecule has 2 aliphatic rings. The van der Waals surface area contributed by atoms with E-state index in [1.54, 1.807) is 0 Å². The first-order chi connectivity index (χ1) is 7.68. The normalized spacial score (nSPS) is 34.9. The first-order valence-electron chi connectivity index (χ1n) is 6.73. The van der Waals surface area contributed by atoms with E-state index in [2.05, 4.69) is 12.2 Å². The van der Waals surface area contributed by atoms with Crippen LogP contribution < -0.4 is 5.32 Å². The summed E-state index contributed by atoms with van der Waals surface area (Å²) in [6, 6.07) is 0. The van der Waals surface area contributed by atoms with Gasteiger partial charge in [-0.2, -0.15) is 11.8 Å². The SMILES string of the molecule is CC1CCCC(SCC2(O)CCNCC2)C1. The summed E-state index contributed by atoms with van der Waals surface area (Å²) in [4.78, 5) is 0. The Kier molecular flexibility index (Phi) is 4.57. The van der Waals surface area contributed by atoms with Crippen molar-refractivity contribution >= 4 is 11.8 Å². The fourth-order valence-electron chi connectivity index (χ4n) is 2.84. The van der Waals surface area contributed by atoms with Gasteiger partial charge in [-0.05, 0) is 44.7 Å². The molecule has 0 amide bonds. The minimum Gasteiger partial charge on any atom is -0.389 e. The average Bonchev–Trinajstić information content (AvgIpc) is 2.28. The van der Waals surface area contributed by atoms with Gasteiger partial charge in [0.05, 0.1) is 5.60 Å². The summed E-state index contributed by atoms with van der Waals surface area (Å²) in [6.07, 6.45) is 7.39. The van der Waals surface area contributed by atoms with Gasteiger partial charge >= 0.3 is 0 Å². The zero-order valence-electron chi connectivity index (χ0n) is 10.4. The Morgan fingerprint density at radius 3 is 2.75 bits per heavy atom. The van der Waals surface area contributed by atoms with E-state index in [0.29, 0.717) is 0 Å². The van der Waals surface area contributed by atoms with Gasteiger partial charge in [0.1, 0.15) is 0 Å². The van der Waals surface area contributed by atoms with Crippen LogP contribution in [0, 0.1) is 5.92 Å². The van der Waals surface area contributed by atoms with Gasteiger partial charge in [-0.1, -0.05) is 19.8 Å². The first kappa shape index (κ1) is 12.7. The number of thioether (sulfide) groups is 1. The highest BCUT2D eigenvalue weighted by molar-refractivity contribution is 7.99. The summed E-state index contributed by atoms with van der Waals surface area (Å²) in [5.74, 6) is 1.85. The lowest BCUT2D eigenvalue weighted by molar-refractivity contribution is 0.0337. The van der Waals surface area contributed by atoms with Crippen molar-refractivity contribution in [3.8, 4) is 0 Å². The van der Waals surface area contributed by atoms with E-state index in [1.165, 1.54) is 25.7 Å². The topological polar surface area (TPSA) is 32.3 Å². The molecule has 1 aliphatic heterocycles. The van der Waals surface area contributed by atoms with Gasteiger partial charge in [0.2, 0.25) is 0 Å². The summed E-state index contributed by atoms with van der Waals surface area (Å²) in [7, 11) is 0. The van der Waals surface area contributed by atoms with E-state index in [0.717, 1.165) is 42.9 Å². The molecule has 1 saturated heterocycles. The molecular weight excluding hydrogens is 218 g/mol. The highest BCUT2D eigenvalue weighted by Gasteiger charge is 2.30. The summed E-state index contributed by atoms with van der Waals surface area (Å²) < 4.78 is 0. The van der Waals surface area contributed by atoms with Crippen molar-refractivity contribution in [2.75, 3.05) is 18.8 Å². The molecule has 0 spiro atoms. The maximum absolute atomic E-state index is 10.4. The van der Waals surface area contributed by atoms with Crippen molar-refractivity contribution < 1.29 is 5.11 Å². The number of nitrogens with one attached hydrogen (secondary N) is 1. The van der Waals surface area contributed by atoms with E-state index in [4.69, 9.17) is 0 Å². The fraction of sp³-hybridized carbons (Fsp3) is 1.00. The second kappa shape index (κ2) is 5.74. The Balaban J connectivity index is 1.73. The second-order valence-electron chi connectivity index (χ2n) is 5.68. The lowest BCUT2D eigenvalue weighted by atomic mass is 9.90. The third-order valence-electron chi connectivity index (χ3n) is 4.01. The number of hydrogen-bond acceptors (Lipinski definition) is 3. The Hall–Kier alpha value is 0.270. The van der Waals surface area contributed by atoms with Crippen molar-refractivity contribution in [2.24, 2.45) is 5.92 Å². The van der Waals surface area contributed by atoms with E-state index < -0.39 is 0 Å². The predicted octanol–water partition coefficient (Wildman–Crippen LogP) is 2.41. The number of aliphatic hydroxyl groups is 1. The average molecular weight is 243 g/mol. The summed E-state index contributed by atoms with van der Waals surface area (Å²) in [5.41, 5.74) is -0.378. The highest BCUT2D eigenvalue weighted by Crippen LogP contribution is 2.34. The van der Waals surface area contributed by atoms with Crippen molar-refractivity contribution in [1.82, 2.24) is 5.32 Å². The van der Waals surface area contributed by atoms with E-state index >= 15 is 0 Å². The molecule has 0 radical (unpaired) electrons. The molecule has 2 unspecified atom stereocenters. The molecule has 1 saturated carbocycles. The molecule has 0 aromatic rings. The third kappa shape index (κ3) is 3.64. The smallest absolute Gasteiger partial charge is 0.0762 e. The molecule has 2 fully saturated rings. The van der Waals surface area contributed by atoms with Crippen LogP contribution in [0.25, 0.3) is 0 Å². The van der Waals surface area contributed by atoms with Crippen LogP contribution >= 0.6 is 11.8 Å². The molecule has 2 rings (SSSR count). The van der Waals surface area contributed by atoms with E-state index in [9.17, 15) is 5.11 Å². The third-order valence-corrected chi connectivity index (χ3v) is 5.61. The van der Waals surface area contributed by atoms with E-state index in [1.807, 2.05) is 11.8 Å². The van der Waals surface area contributed by atoms with Crippen LogP contribution in [-0.2, 0) is 0 Å². The molecule has 1 heterocycles. The molecule has 2 atom stereocenters. The van der Waals surface area contributed by atoms with Gasteiger partial charge in [0.15, 0.2) is 0 Å². The zero-order valence-corrected chi connectivity index (χ0v) is 11.2. The van der Waals surface area contributed by atoms with Crippen molar-refractivity contribution in [3.05, 3.63) is 0 Å². The Morgan fingerprint density at radius 1 is 1.31 bits per heavy atom. The minimum absolute atomic E-state index is 0.378. The summed E-state index contributed by atoms with van der Waals surface area (Å²) >= 11 is 2.03. The molecule has 0 bridgehead atoms. The molecule has 1 aliphatic carbocycles. The quantitative estimate of drug-likeness (QED) is 0.798. The number of hydrogen-bond donors (Lipinski definition) is 2. The van der Waals surface area contributed by atoms with Crippen molar-refractivity contribution in [2.45, 2.75) is 56.3 Å². The summed E-state index contributed by atoms with van der Waals surface area (Å²) in [5, 5.41) is 14.5. The Labute approximate surface area is 104 Å². The highest BCUT2D eigenvalue weighted by atomic mass is 32.2. The summed E-state index contributed by atoms with van der Waals surface area (Å²) in [6.45, 7) is 4.34. The fourth-order valence-corrected chi connectivity index (χ4v) is 4.47. The van der Waals surface area contributed by atoms with Crippen LogP contribution in [0.1, 0.15) is 45.4 Å².